The van der Waals surface area contributed by atoms with Crippen LogP contribution < -0.4 is 0 Å². The van der Waals surface area contributed by atoms with E-state index in [1.54, 1.807) is 11.1 Å². The van der Waals surface area contributed by atoms with E-state index in [0.29, 0.717) is 5.41 Å². The fourth-order valence-corrected chi connectivity index (χ4v) is 4.42. The molecule has 0 aliphatic heterocycles. The third kappa shape index (κ3) is 4.70. The first-order chi connectivity index (χ1) is 11.8. The Bertz CT molecular complexity index is 720. The lowest BCUT2D eigenvalue weighted by atomic mass is 9.69. The van der Waals surface area contributed by atoms with E-state index in [2.05, 4.69) is 83.1 Å². The van der Waals surface area contributed by atoms with Gasteiger partial charge in [0.25, 0.3) is 0 Å². The monoisotopic (exact) mass is 354 g/mol. The maximum atomic E-state index is 2.42. The second-order valence-corrected chi connectivity index (χ2v) is 9.27. The van der Waals surface area contributed by atoms with E-state index in [1.165, 1.54) is 63.8 Å². The smallest absolute Gasteiger partial charge is 0.0101 e. The van der Waals surface area contributed by atoms with Gasteiger partial charge in [-0.3, -0.25) is 0 Å². The molecule has 0 fully saturated rings. The lowest BCUT2D eigenvalue weighted by molar-refractivity contribution is 0.372. The van der Waals surface area contributed by atoms with Crippen LogP contribution in [-0.2, 0) is 0 Å². The minimum atomic E-state index is 0.293. The summed E-state index contributed by atoms with van der Waals surface area (Å²) in [6, 6.07) is 0. The molecule has 0 aromatic rings. The average molecular weight is 355 g/mol. The Morgan fingerprint density at radius 2 is 1.08 bits per heavy atom. The highest BCUT2D eigenvalue weighted by Gasteiger charge is 2.30. The van der Waals surface area contributed by atoms with Gasteiger partial charge in [-0.15, -0.1) is 0 Å². The van der Waals surface area contributed by atoms with Crippen LogP contribution in [0.15, 0.2) is 55.7 Å². The highest BCUT2D eigenvalue weighted by Crippen LogP contribution is 2.45. The molecule has 0 aromatic carbocycles. The molecule has 0 spiro atoms. The van der Waals surface area contributed by atoms with Crippen LogP contribution in [-0.4, -0.2) is 0 Å². The predicted octanol–water partition coefficient (Wildman–Crippen LogP) is 8.88. The summed E-state index contributed by atoms with van der Waals surface area (Å²) in [6.45, 7) is 27.6. The van der Waals surface area contributed by atoms with Crippen LogP contribution in [0.1, 0.15) is 102 Å². The van der Waals surface area contributed by atoms with Gasteiger partial charge in [0.15, 0.2) is 0 Å². The quantitative estimate of drug-likeness (QED) is 0.442. The molecule has 146 valence electrons. The fourth-order valence-electron chi connectivity index (χ4n) is 4.42. The third-order valence-electron chi connectivity index (χ3n) is 6.96. The lowest BCUT2D eigenvalue weighted by Gasteiger charge is -2.36. The van der Waals surface area contributed by atoms with Gasteiger partial charge >= 0.3 is 0 Å². The van der Waals surface area contributed by atoms with E-state index in [-0.39, 0.29) is 0 Å². The van der Waals surface area contributed by atoms with Crippen LogP contribution in [0.4, 0.5) is 0 Å². The Kier molecular flexibility index (Phi) is 7.52. The van der Waals surface area contributed by atoms with Crippen LogP contribution in [0.25, 0.3) is 0 Å². The summed E-state index contributed by atoms with van der Waals surface area (Å²) < 4.78 is 0. The van der Waals surface area contributed by atoms with Crippen LogP contribution in [0.5, 0.6) is 0 Å². The van der Waals surface area contributed by atoms with E-state index in [4.69, 9.17) is 0 Å². The number of hydrogen-bond acceptors (Lipinski definition) is 0. The zero-order valence-corrected chi connectivity index (χ0v) is 19.6. The van der Waals surface area contributed by atoms with E-state index < -0.39 is 0 Å². The molecule has 1 aliphatic carbocycles. The summed E-state index contributed by atoms with van der Waals surface area (Å²) >= 11 is 0. The molecule has 0 unspecified atom stereocenters. The van der Waals surface area contributed by atoms with Crippen molar-refractivity contribution in [1.82, 2.24) is 0 Å². The molecule has 0 amide bonds. The molecule has 0 heterocycles. The molecule has 0 N–H and O–H groups in total. The van der Waals surface area contributed by atoms with E-state index in [9.17, 15) is 0 Å². The van der Waals surface area contributed by atoms with Gasteiger partial charge in [0.05, 0.1) is 0 Å². The van der Waals surface area contributed by atoms with Crippen molar-refractivity contribution in [2.24, 2.45) is 5.41 Å². The molecule has 26 heavy (non-hydrogen) atoms. The zero-order valence-electron chi connectivity index (χ0n) is 19.6. The first kappa shape index (κ1) is 22.7. The first-order valence-electron chi connectivity index (χ1n) is 10.2. The molecule has 0 heteroatoms. The fraction of sp³-hybridized carbons (Fsp3) is 0.615. The van der Waals surface area contributed by atoms with Gasteiger partial charge in [0.2, 0.25) is 0 Å². The van der Waals surface area contributed by atoms with Crippen LogP contribution in [0.3, 0.4) is 0 Å². The molecule has 0 bridgehead atoms. The third-order valence-corrected chi connectivity index (χ3v) is 6.96. The summed E-state index contributed by atoms with van der Waals surface area (Å²) in [7, 11) is 0. The molecule has 0 saturated heterocycles. The maximum absolute atomic E-state index is 2.42. The zero-order chi connectivity index (χ0) is 20.4. The van der Waals surface area contributed by atoms with Crippen LogP contribution >= 0.6 is 0 Å². The Hall–Kier alpha value is -1.30. The van der Waals surface area contributed by atoms with Gasteiger partial charge in [-0.1, -0.05) is 25.0 Å². The highest BCUT2D eigenvalue weighted by atomic mass is 14.3. The molecule has 0 radical (unpaired) electrons. The summed E-state index contributed by atoms with van der Waals surface area (Å²) in [4.78, 5) is 0. The topological polar surface area (TPSA) is 0 Å². The van der Waals surface area contributed by atoms with Gasteiger partial charge in [-0.05, 0) is 138 Å². The van der Waals surface area contributed by atoms with Gasteiger partial charge in [-0.25, -0.2) is 0 Å². The van der Waals surface area contributed by atoms with Crippen LogP contribution in [0.2, 0.25) is 0 Å². The van der Waals surface area contributed by atoms with Crippen molar-refractivity contribution in [2.45, 2.75) is 102 Å². The molecule has 0 saturated carbocycles. The SMILES string of the molecule is CC(C)=C(C)/C(C)=C(C)/C(C)=C(C)/C(C)=C(\C)C1=C(C)CCCC1(C)C. The Labute approximate surface area is 163 Å². The standard InChI is InChI=1S/C26H42/c1-16(2)18(4)19(5)20(6)21(7)22(8)23(9)24(10)25-17(3)14-13-15-26(25,11)12/h13-15H2,1-12H3/b20-19+,22-21+,24-23+. The highest BCUT2D eigenvalue weighted by molar-refractivity contribution is 5.52. The van der Waals surface area contributed by atoms with Crippen molar-refractivity contribution in [2.75, 3.05) is 0 Å². The number of rotatable bonds is 4. The van der Waals surface area contributed by atoms with Crippen molar-refractivity contribution in [1.29, 1.82) is 0 Å². The molecular weight excluding hydrogens is 312 g/mol. The summed E-state index contributed by atoms with van der Waals surface area (Å²) in [6.07, 6.45) is 3.87. The maximum Gasteiger partial charge on any atom is -0.0101 e. The predicted molar refractivity (Wildman–Crippen MR) is 120 cm³/mol. The molecule has 0 atom stereocenters. The second-order valence-electron chi connectivity index (χ2n) is 9.27. The van der Waals surface area contributed by atoms with Gasteiger partial charge in [-0.2, -0.15) is 0 Å². The Morgan fingerprint density at radius 1 is 0.654 bits per heavy atom. The van der Waals surface area contributed by atoms with Gasteiger partial charge in [0, 0.05) is 0 Å². The lowest BCUT2D eigenvalue weighted by Crippen LogP contribution is -2.21. The minimum absolute atomic E-state index is 0.293. The Balaban J connectivity index is 3.53. The second kappa shape index (κ2) is 8.59. The van der Waals surface area contributed by atoms with Crippen molar-refractivity contribution in [3.63, 3.8) is 0 Å². The molecule has 1 rings (SSSR count). The van der Waals surface area contributed by atoms with Crippen molar-refractivity contribution in [3.8, 4) is 0 Å². The number of allylic oxidation sites excluding steroid dienone is 10. The minimum Gasteiger partial charge on any atom is -0.0732 e. The van der Waals surface area contributed by atoms with Gasteiger partial charge < -0.3 is 0 Å². The van der Waals surface area contributed by atoms with E-state index in [1.807, 2.05) is 0 Å². The van der Waals surface area contributed by atoms with Crippen molar-refractivity contribution >= 4 is 0 Å². The Morgan fingerprint density at radius 3 is 1.50 bits per heavy atom. The van der Waals surface area contributed by atoms with E-state index >= 15 is 0 Å². The molecule has 0 aromatic heterocycles. The average Bonchev–Trinajstić information content (AvgIpc) is 2.56. The van der Waals surface area contributed by atoms with Gasteiger partial charge in [0.1, 0.15) is 0 Å². The summed E-state index contributed by atoms with van der Waals surface area (Å²) in [5.74, 6) is 0. The largest absolute Gasteiger partial charge is 0.0732 e. The number of hydrogen-bond donors (Lipinski definition) is 0. The van der Waals surface area contributed by atoms with Crippen LogP contribution in [0, 0.1) is 5.41 Å². The normalized spacial score (nSPS) is 20.3. The molecular formula is C26H42. The molecule has 1 aliphatic rings. The van der Waals surface area contributed by atoms with Crippen molar-refractivity contribution < 1.29 is 0 Å². The van der Waals surface area contributed by atoms with Crippen molar-refractivity contribution in [3.05, 3.63) is 55.7 Å². The summed E-state index contributed by atoms with van der Waals surface area (Å²) in [5, 5.41) is 0. The molecule has 0 nitrogen and oxygen atoms in total. The first-order valence-corrected chi connectivity index (χ1v) is 10.2. The summed E-state index contributed by atoms with van der Waals surface area (Å²) in [5.41, 5.74) is 14.9. The van der Waals surface area contributed by atoms with E-state index in [0.717, 1.165) is 0 Å².